The molecule has 2 nitrogen and oxygen atoms in total. The fourth-order valence-electron chi connectivity index (χ4n) is 2.45. The van der Waals surface area contributed by atoms with Gasteiger partial charge in [0, 0.05) is 19.0 Å². The van der Waals surface area contributed by atoms with Crippen LogP contribution >= 0.6 is 0 Å². The molecule has 2 aromatic carbocycles. The van der Waals surface area contributed by atoms with Crippen molar-refractivity contribution < 1.29 is 4.79 Å². The van der Waals surface area contributed by atoms with Crippen LogP contribution in [-0.2, 0) is 4.79 Å². The second-order valence-corrected chi connectivity index (χ2v) is 5.23. The highest BCUT2D eigenvalue weighted by Crippen LogP contribution is 2.29. The van der Waals surface area contributed by atoms with E-state index in [0.717, 1.165) is 12.8 Å². The Morgan fingerprint density at radius 1 is 0.950 bits per heavy atom. The van der Waals surface area contributed by atoms with Crippen LogP contribution in [0.15, 0.2) is 60.7 Å². The molecule has 0 aliphatic carbocycles. The first-order chi connectivity index (χ1) is 9.72. The van der Waals surface area contributed by atoms with Crippen molar-refractivity contribution in [1.29, 1.82) is 0 Å². The summed E-state index contributed by atoms with van der Waals surface area (Å²) >= 11 is 0. The second-order valence-electron chi connectivity index (χ2n) is 5.23. The van der Waals surface area contributed by atoms with Crippen LogP contribution in [0.4, 0.5) is 0 Å². The number of hydrogen-bond acceptors (Lipinski definition) is 1. The van der Waals surface area contributed by atoms with Gasteiger partial charge in [-0.3, -0.25) is 4.79 Å². The van der Waals surface area contributed by atoms with E-state index in [1.165, 1.54) is 11.1 Å². The van der Waals surface area contributed by atoms with Crippen molar-refractivity contribution in [1.82, 2.24) is 4.90 Å². The lowest BCUT2D eigenvalue weighted by atomic mass is 9.86. The molecule has 0 N–H and O–H groups in total. The molecule has 2 heteroatoms. The zero-order valence-corrected chi connectivity index (χ0v) is 12.1. The van der Waals surface area contributed by atoms with Crippen molar-refractivity contribution in [3.8, 4) is 0 Å². The van der Waals surface area contributed by atoms with E-state index < -0.39 is 0 Å². The van der Waals surface area contributed by atoms with Gasteiger partial charge < -0.3 is 4.90 Å². The van der Waals surface area contributed by atoms with Crippen LogP contribution in [0.3, 0.4) is 0 Å². The van der Waals surface area contributed by atoms with Crippen molar-refractivity contribution in [2.24, 2.45) is 0 Å². The minimum Gasteiger partial charge on any atom is -0.346 e. The van der Waals surface area contributed by atoms with Crippen LogP contribution in [0.5, 0.6) is 0 Å². The quantitative estimate of drug-likeness (QED) is 0.731. The van der Waals surface area contributed by atoms with Crippen molar-refractivity contribution in [3.63, 3.8) is 0 Å². The first-order valence-corrected chi connectivity index (χ1v) is 6.99. The summed E-state index contributed by atoms with van der Waals surface area (Å²) in [6, 6.07) is 21.2. The fraction of sp³-hybridized carbons (Fsp3) is 0.278. The van der Waals surface area contributed by atoms with E-state index in [1.807, 2.05) is 19.2 Å². The van der Waals surface area contributed by atoms with Crippen LogP contribution in [0, 0.1) is 0 Å². The molecule has 20 heavy (non-hydrogen) atoms. The molecule has 1 amide bonds. The number of carbonyl (C=O) groups is 1. The molecule has 0 spiro atoms. The highest BCUT2D eigenvalue weighted by atomic mass is 16.1. The Kier molecular flexibility index (Phi) is 4.94. The SMILES string of the molecule is C[C@H](CC(c1ccccc1)c1ccccc1)N(C)C=O. The summed E-state index contributed by atoms with van der Waals surface area (Å²) in [5.74, 6) is 0.315. The van der Waals surface area contributed by atoms with Crippen LogP contribution < -0.4 is 0 Å². The third-order valence-electron chi connectivity index (χ3n) is 3.84. The minimum absolute atomic E-state index is 0.206. The predicted octanol–water partition coefficient (Wildman–Crippen LogP) is 3.69. The molecule has 0 saturated heterocycles. The van der Waals surface area contributed by atoms with Crippen LogP contribution in [0.2, 0.25) is 0 Å². The van der Waals surface area contributed by atoms with Crippen molar-refractivity contribution in [2.45, 2.75) is 25.3 Å². The summed E-state index contributed by atoms with van der Waals surface area (Å²) in [5, 5.41) is 0. The third-order valence-corrected chi connectivity index (χ3v) is 3.84. The number of carbonyl (C=O) groups excluding carboxylic acids is 1. The molecular formula is C18H21NO. The lowest BCUT2D eigenvalue weighted by Crippen LogP contribution is -2.29. The van der Waals surface area contributed by atoms with Gasteiger partial charge in [0.2, 0.25) is 6.41 Å². The number of benzene rings is 2. The van der Waals surface area contributed by atoms with Gasteiger partial charge in [0.05, 0.1) is 0 Å². The fourth-order valence-corrected chi connectivity index (χ4v) is 2.45. The summed E-state index contributed by atoms with van der Waals surface area (Å²) in [6.45, 7) is 2.09. The maximum Gasteiger partial charge on any atom is 0.209 e. The topological polar surface area (TPSA) is 20.3 Å². The maximum atomic E-state index is 10.9. The molecule has 0 aliphatic rings. The molecule has 0 aliphatic heterocycles. The van der Waals surface area contributed by atoms with E-state index in [4.69, 9.17) is 0 Å². The molecule has 0 unspecified atom stereocenters. The van der Waals surface area contributed by atoms with E-state index in [0.29, 0.717) is 5.92 Å². The normalized spacial score (nSPS) is 12.2. The molecule has 2 aromatic rings. The van der Waals surface area contributed by atoms with Gasteiger partial charge >= 0.3 is 0 Å². The first-order valence-electron chi connectivity index (χ1n) is 6.99. The lowest BCUT2D eigenvalue weighted by Gasteiger charge is -2.26. The number of amides is 1. The largest absolute Gasteiger partial charge is 0.346 e. The van der Waals surface area contributed by atoms with Gasteiger partial charge in [0.1, 0.15) is 0 Å². The van der Waals surface area contributed by atoms with Crippen LogP contribution in [-0.4, -0.2) is 24.4 Å². The standard InChI is InChI=1S/C18H21NO/c1-15(19(2)14-20)13-18(16-9-5-3-6-10-16)17-11-7-4-8-12-17/h3-12,14-15,18H,13H2,1-2H3/t15-/m1/s1. The summed E-state index contributed by atoms with van der Waals surface area (Å²) in [6.07, 6.45) is 1.82. The van der Waals surface area contributed by atoms with E-state index in [-0.39, 0.29) is 6.04 Å². The van der Waals surface area contributed by atoms with Gasteiger partial charge in [-0.25, -0.2) is 0 Å². The molecule has 1 atom stereocenters. The molecule has 104 valence electrons. The zero-order chi connectivity index (χ0) is 14.4. The molecule has 0 heterocycles. The molecule has 0 radical (unpaired) electrons. The summed E-state index contributed by atoms with van der Waals surface area (Å²) < 4.78 is 0. The Morgan fingerprint density at radius 3 is 1.80 bits per heavy atom. The Bertz CT molecular complexity index is 484. The van der Waals surface area contributed by atoms with Gasteiger partial charge in [-0.05, 0) is 24.5 Å². The van der Waals surface area contributed by atoms with Gasteiger partial charge in [0.15, 0.2) is 0 Å². The van der Waals surface area contributed by atoms with Gasteiger partial charge in [-0.15, -0.1) is 0 Å². The van der Waals surface area contributed by atoms with E-state index in [9.17, 15) is 4.79 Å². The zero-order valence-electron chi connectivity index (χ0n) is 12.1. The van der Waals surface area contributed by atoms with Gasteiger partial charge in [-0.2, -0.15) is 0 Å². The molecular weight excluding hydrogens is 246 g/mol. The molecule has 2 rings (SSSR count). The number of nitrogens with zero attached hydrogens (tertiary/aromatic N) is 1. The van der Waals surface area contributed by atoms with Crippen molar-refractivity contribution in [3.05, 3.63) is 71.8 Å². The second kappa shape index (κ2) is 6.90. The van der Waals surface area contributed by atoms with Crippen molar-refractivity contribution >= 4 is 6.41 Å². The molecule has 0 saturated carbocycles. The van der Waals surface area contributed by atoms with Crippen molar-refractivity contribution in [2.75, 3.05) is 7.05 Å². The molecule has 0 aromatic heterocycles. The summed E-state index contributed by atoms with van der Waals surface area (Å²) in [4.78, 5) is 12.7. The van der Waals surface area contributed by atoms with E-state index >= 15 is 0 Å². The van der Waals surface area contributed by atoms with E-state index in [2.05, 4.69) is 55.5 Å². The average Bonchev–Trinajstić information content (AvgIpc) is 2.53. The molecule has 0 fully saturated rings. The maximum absolute atomic E-state index is 10.9. The van der Waals surface area contributed by atoms with Crippen LogP contribution in [0.1, 0.15) is 30.4 Å². The third kappa shape index (κ3) is 3.47. The first kappa shape index (κ1) is 14.3. The smallest absolute Gasteiger partial charge is 0.209 e. The Hall–Kier alpha value is -2.09. The minimum atomic E-state index is 0.206. The van der Waals surface area contributed by atoms with E-state index in [1.54, 1.807) is 4.90 Å². The molecule has 0 bridgehead atoms. The Morgan fingerprint density at radius 2 is 1.40 bits per heavy atom. The highest BCUT2D eigenvalue weighted by molar-refractivity contribution is 5.47. The Labute approximate surface area is 121 Å². The van der Waals surface area contributed by atoms with Crippen LogP contribution in [0.25, 0.3) is 0 Å². The Balaban J connectivity index is 2.28. The average molecular weight is 267 g/mol. The monoisotopic (exact) mass is 267 g/mol. The summed E-state index contributed by atoms with van der Waals surface area (Å²) in [7, 11) is 1.84. The lowest BCUT2D eigenvalue weighted by molar-refractivity contribution is -0.118. The number of rotatable bonds is 6. The van der Waals surface area contributed by atoms with Gasteiger partial charge in [0.25, 0.3) is 0 Å². The number of hydrogen-bond donors (Lipinski definition) is 0. The predicted molar refractivity (Wildman–Crippen MR) is 82.6 cm³/mol. The van der Waals surface area contributed by atoms with Gasteiger partial charge in [-0.1, -0.05) is 60.7 Å². The summed E-state index contributed by atoms with van der Waals surface area (Å²) in [5.41, 5.74) is 2.59. The highest BCUT2D eigenvalue weighted by Gasteiger charge is 2.19.